The fraction of sp³-hybridized carbons (Fsp3) is 0.407. The summed E-state index contributed by atoms with van der Waals surface area (Å²) >= 11 is 0. The van der Waals surface area contributed by atoms with Gasteiger partial charge in [0.25, 0.3) is 5.56 Å². The van der Waals surface area contributed by atoms with Crippen molar-refractivity contribution in [3.8, 4) is 17.1 Å². The second-order valence-corrected chi connectivity index (χ2v) is 9.92. The molecular formula is C27H29N3O6. The first kappa shape index (κ1) is 24.0. The van der Waals surface area contributed by atoms with Crippen LogP contribution in [-0.4, -0.2) is 43.7 Å². The zero-order valence-corrected chi connectivity index (χ0v) is 21.0. The fourth-order valence-electron chi connectivity index (χ4n) is 5.20. The highest BCUT2D eigenvalue weighted by Gasteiger charge is 2.45. The highest BCUT2D eigenvalue weighted by molar-refractivity contribution is 5.87. The number of esters is 1. The molecule has 0 spiro atoms. The molecule has 0 bridgehead atoms. The van der Waals surface area contributed by atoms with Crippen LogP contribution in [0.4, 0.5) is 4.79 Å². The summed E-state index contributed by atoms with van der Waals surface area (Å²) < 4.78 is 12.4. The number of hydrogen-bond acceptors (Lipinski definition) is 7. The van der Waals surface area contributed by atoms with Gasteiger partial charge in [-0.25, -0.2) is 14.6 Å². The molecule has 2 aliphatic heterocycles. The van der Waals surface area contributed by atoms with Crippen molar-refractivity contribution < 1.29 is 24.2 Å². The second kappa shape index (κ2) is 8.44. The van der Waals surface area contributed by atoms with Crippen molar-refractivity contribution in [1.82, 2.24) is 14.5 Å². The summed E-state index contributed by atoms with van der Waals surface area (Å²) in [5.41, 5.74) is 1.07. The summed E-state index contributed by atoms with van der Waals surface area (Å²) in [5, 5.41) is 11.8. The van der Waals surface area contributed by atoms with Gasteiger partial charge in [0, 0.05) is 28.6 Å². The third-order valence-electron chi connectivity index (χ3n) is 7.01. The van der Waals surface area contributed by atoms with Crippen molar-refractivity contribution in [1.29, 1.82) is 0 Å². The first-order chi connectivity index (χ1) is 17.0. The van der Waals surface area contributed by atoms with Crippen LogP contribution in [-0.2, 0) is 28.3 Å². The first-order valence-corrected chi connectivity index (χ1v) is 12.2. The van der Waals surface area contributed by atoms with Crippen molar-refractivity contribution in [3.63, 3.8) is 0 Å². The Morgan fingerprint density at radius 2 is 1.92 bits per heavy atom. The standard InChI is InChI=1S/C27H29N3O6/c1-6-27(34)20-11-22-23-17(12-29(22)24(31)19(20)13-35-25(27)32)9-16-10-18(7-8-21(16)28-23)36-26(33)30(14(2)3)15(4)5/h7-11,14-15,34H,6,12-13H2,1-5H3/t27-/m0/s1. The van der Waals surface area contributed by atoms with Gasteiger partial charge in [-0.15, -0.1) is 0 Å². The van der Waals surface area contributed by atoms with E-state index >= 15 is 0 Å². The van der Waals surface area contributed by atoms with E-state index in [0.717, 1.165) is 10.9 Å². The minimum atomic E-state index is -1.86. The van der Waals surface area contributed by atoms with Crippen molar-refractivity contribution in [2.24, 2.45) is 0 Å². The molecule has 1 aromatic carbocycles. The van der Waals surface area contributed by atoms with Gasteiger partial charge in [0.2, 0.25) is 0 Å². The average Bonchev–Trinajstić information content (AvgIpc) is 3.17. The number of aromatic nitrogens is 2. The van der Waals surface area contributed by atoms with Crippen LogP contribution in [0.15, 0.2) is 35.1 Å². The molecule has 3 aromatic rings. The Morgan fingerprint density at radius 1 is 1.19 bits per heavy atom. The normalized spacial score (nSPS) is 18.2. The number of nitrogens with zero attached hydrogens (tertiary/aromatic N) is 3. The van der Waals surface area contributed by atoms with E-state index in [1.54, 1.807) is 40.7 Å². The minimum Gasteiger partial charge on any atom is -0.458 e. The third-order valence-corrected chi connectivity index (χ3v) is 7.01. The van der Waals surface area contributed by atoms with Gasteiger partial charge < -0.3 is 24.0 Å². The molecule has 1 N–H and O–H groups in total. The zero-order chi connectivity index (χ0) is 25.9. The van der Waals surface area contributed by atoms with Gasteiger partial charge in [-0.1, -0.05) is 6.92 Å². The number of fused-ring (bicyclic) bond motifs is 5. The van der Waals surface area contributed by atoms with E-state index in [-0.39, 0.29) is 41.8 Å². The Bertz CT molecular complexity index is 1470. The van der Waals surface area contributed by atoms with Crippen LogP contribution >= 0.6 is 0 Å². The Kier molecular flexibility index (Phi) is 5.63. The maximum atomic E-state index is 13.3. The highest BCUT2D eigenvalue weighted by Crippen LogP contribution is 2.38. The molecular weight excluding hydrogens is 462 g/mol. The molecule has 5 rings (SSSR count). The topological polar surface area (TPSA) is 111 Å². The summed E-state index contributed by atoms with van der Waals surface area (Å²) in [5.74, 6) is -0.338. The largest absolute Gasteiger partial charge is 0.458 e. The van der Waals surface area contributed by atoms with Gasteiger partial charge in [-0.2, -0.15) is 0 Å². The molecule has 2 aliphatic rings. The summed E-state index contributed by atoms with van der Waals surface area (Å²) in [6.07, 6.45) is -0.329. The van der Waals surface area contributed by atoms with Crippen LogP contribution in [0.3, 0.4) is 0 Å². The average molecular weight is 492 g/mol. The molecule has 9 nitrogen and oxygen atoms in total. The quantitative estimate of drug-likeness (QED) is 0.433. The van der Waals surface area contributed by atoms with Crippen molar-refractivity contribution in [3.05, 3.63) is 57.4 Å². The molecule has 0 fully saturated rings. The lowest BCUT2D eigenvalue weighted by atomic mass is 9.86. The Labute approximate surface area is 208 Å². The van der Waals surface area contributed by atoms with Gasteiger partial charge in [0.05, 0.1) is 29.0 Å². The van der Waals surface area contributed by atoms with Crippen LogP contribution in [0.1, 0.15) is 57.7 Å². The summed E-state index contributed by atoms with van der Waals surface area (Å²) in [6, 6.07) is 8.84. The lowest BCUT2D eigenvalue weighted by molar-refractivity contribution is -0.172. The predicted molar refractivity (Wildman–Crippen MR) is 133 cm³/mol. The molecule has 1 amide bonds. The number of aliphatic hydroxyl groups is 1. The van der Waals surface area contributed by atoms with E-state index in [9.17, 15) is 19.5 Å². The van der Waals surface area contributed by atoms with Crippen LogP contribution in [0.25, 0.3) is 22.3 Å². The van der Waals surface area contributed by atoms with E-state index in [1.807, 2.05) is 33.8 Å². The van der Waals surface area contributed by atoms with Crippen molar-refractivity contribution in [2.75, 3.05) is 0 Å². The number of benzene rings is 1. The Balaban J connectivity index is 1.55. The minimum absolute atomic E-state index is 0.00316. The number of hydrogen-bond donors (Lipinski definition) is 1. The zero-order valence-electron chi connectivity index (χ0n) is 21.0. The molecule has 0 aliphatic carbocycles. The summed E-state index contributed by atoms with van der Waals surface area (Å²) in [4.78, 5) is 44.8. The Hall–Kier alpha value is -3.72. The highest BCUT2D eigenvalue weighted by atomic mass is 16.6. The maximum absolute atomic E-state index is 13.3. The van der Waals surface area contributed by atoms with Gasteiger partial charge >= 0.3 is 12.1 Å². The fourth-order valence-corrected chi connectivity index (χ4v) is 5.20. The van der Waals surface area contributed by atoms with Crippen LogP contribution in [0.2, 0.25) is 0 Å². The lowest BCUT2D eigenvalue weighted by Crippen LogP contribution is -2.44. The molecule has 1 atom stereocenters. The molecule has 36 heavy (non-hydrogen) atoms. The molecule has 188 valence electrons. The predicted octanol–water partition coefficient (Wildman–Crippen LogP) is 3.70. The number of cyclic esters (lactones) is 1. The van der Waals surface area contributed by atoms with Gasteiger partial charge in [0.1, 0.15) is 12.4 Å². The number of carbonyl (C=O) groups excluding carboxylic acids is 2. The molecule has 0 saturated heterocycles. The van der Waals surface area contributed by atoms with E-state index in [2.05, 4.69) is 0 Å². The molecule has 2 aromatic heterocycles. The molecule has 0 saturated carbocycles. The van der Waals surface area contributed by atoms with Crippen molar-refractivity contribution in [2.45, 2.75) is 71.9 Å². The number of pyridine rings is 2. The van der Waals surface area contributed by atoms with Crippen LogP contribution in [0, 0.1) is 0 Å². The van der Waals surface area contributed by atoms with E-state index in [4.69, 9.17) is 14.5 Å². The molecule has 9 heteroatoms. The Morgan fingerprint density at radius 3 is 2.58 bits per heavy atom. The number of carbonyl (C=O) groups is 2. The SMILES string of the molecule is CC[C@@]1(O)C(=O)OCc2c1cc1n(c2=O)Cc2cc3cc(OC(=O)N(C(C)C)C(C)C)ccc3nc2-1. The molecule has 4 heterocycles. The lowest BCUT2D eigenvalue weighted by Gasteiger charge is -2.31. The van der Waals surface area contributed by atoms with E-state index < -0.39 is 17.7 Å². The van der Waals surface area contributed by atoms with Gasteiger partial charge in [0.15, 0.2) is 5.60 Å². The van der Waals surface area contributed by atoms with Crippen LogP contribution in [0.5, 0.6) is 5.75 Å². The first-order valence-electron chi connectivity index (χ1n) is 12.2. The van der Waals surface area contributed by atoms with E-state index in [1.165, 1.54) is 0 Å². The van der Waals surface area contributed by atoms with Crippen LogP contribution < -0.4 is 10.3 Å². The number of rotatable bonds is 4. The number of ether oxygens (including phenoxy) is 2. The smallest absolute Gasteiger partial charge is 0.415 e. The monoisotopic (exact) mass is 491 g/mol. The summed E-state index contributed by atoms with van der Waals surface area (Å²) in [6.45, 7) is 9.57. The van der Waals surface area contributed by atoms with Crippen molar-refractivity contribution >= 4 is 23.0 Å². The maximum Gasteiger partial charge on any atom is 0.415 e. The third kappa shape index (κ3) is 3.57. The number of amides is 1. The van der Waals surface area contributed by atoms with Gasteiger partial charge in [-0.3, -0.25) is 4.79 Å². The van der Waals surface area contributed by atoms with Gasteiger partial charge in [-0.05, 0) is 64.4 Å². The molecule has 0 radical (unpaired) electrons. The molecule has 0 unspecified atom stereocenters. The summed E-state index contributed by atoms with van der Waals surface area (Å²) in [7, 11) is 0. The second-order valence-electron chi connectivity index (χ2n) is 9.92. The van der Waals surface area contributed by atoms with E-state index in [0.29, 0.717) is 29.2 Å².